The highest BCUT2D eigenvalue weighted by Crippen LogP contribution is 2.34. The number of carbonyl (C=O) groups is 1. The summed E-state index contributed by atoms with van der Waals surface area (Å²) in [5.74, 6) is -1.03. The topological polar surface area (TPSA) is 63.1 Å². The van der Waals surface area contributed by atoms with E-state index in [0.717, 1.165) is 14.6 Å². The van der Waals surface area contributed by atoms with Crippen molar-refractivity contribution in [3.05, 3.63) is 47.1 Å². The van der Waals surface area contributed by atoms with Crippen molar-refractivity contribution in [2.45, 2.75) is 9.37 Å². The van der Waals surface area contributed by atoms with Gasteiger partial charge in [-0.25, -0.2) is 14.8 Å². The SMILES string of the molecule is O=C(O)c1cc(Cl)nc(Sc2nc3ccccc3s2)c1. The molecule has 0 amide bonds. The van der Waals surface area contributed by atoms with Gasteiger partial charge in [-0.15, -0.1) is 11.3 Å². The molecule has 0 radical (unpaired) electrons. The second-order valence-corrected chi connectivity index (χ2v) is 6.56. The molecule has 1 N–H and O–H groups in total. The summed E-state index contributed by atoms with van der Waals surface area (Å²) >= 11 is 8.68. The summed E-state index contributed by atoms with van der Waals surface area (Å²) in [6.07, 6.45) is 0. The second kappa shape index (κ2) is 5.40. The molecule has 7 heteroatoms. The minimum absolute atomic E-state index is 0.119. The van der Waals surface area contributed by atoms with Crippen LogP contribution < -0.4 is 0 Å². The van der Waals surface area contributed by atoms with E-state index in [-0.39, 0.29) is 10.7 Å². The van der Waals surface area contributed by atoms with Crippen molar-refractivity contribution in [3.8, 4) is 0 Å². The number of aromatic carboxylic acids is 1. The van der Waals surface area contributed by atoms with E-state index < -0.39 is 5.97 Å². The Hall–Kier alpha value is -1.63. The number of thiazole rings is 1. The lowest BCUT2D eigenvalue weighted by Crippen LogP contribution is -1.97. The molecule has 0 fully saturated rings. The number of halogens is 1. The van der Waals surface area contributed by atoms with Crippen LogP contribution in [0.15, 0.2) is 45.8 Å². The second-order valence-electron chi connectivity index (χ2n) is 3.87. The van der Waals surface area contributed by atoms with Crippen LogP contribution in [-0.4, -0.2) is 21.0 Å². The Morgan fingerprint density at radius 1 is 1.25 bits per heavy atom. The third-order valence-corrected chi connectivity index (χ3v) is 4.69. The van der Waals surface area contributed by atoms with E-state index >= 15 is 0 Å². The Balaban J connectivity index is 1.96. The maximum absolute atomic E-state index is 11.0. The molecule has 0 bridgehead atoms. The van der Waals surface area contributed by atoms with Gasteiger partial charge in [0.15, 0.2) is 4.34 Å². The number of aromatic nitrogens is 2. The molecule has 4 nitrogen and oxygen atoms in total. The van der Waals surface area contributed by atoms with Crippen LogP contribution in [0.1, 0.15) is 10.4 Å². The average molecular weight is 323 g/mol. The Morgan fingerprint density at radius 2 is 2.05 bits per heavy atom. The molecule has 1 aromatic carbocycles. The van der Waals surface area contributed by atoms with Crippen molar-refractivity contribution in [2.24, 2.45) is 0 Å². The molecule has 0 aliphatic heterocycles. The largest absolute Gasteiger partial charge is 0.478 e. The van der Waals surface area contributed by atoms with E-state index in [1.807, 2.05) is 24.3 Å². The predicted octanol–water partition coefficient (Wildman–Crippen LogP) is 4.19. The van der Waals surface area contributed by atoms with Crippen LogP contribution in [0.3, 0.4) is 0 Å². The fourth-order valence-electron chi connectivity index (χ4n) is 1.63. The number of benzene rings is 1. The lowest BCUT2D eigenvalue weighted by molar-refractivity contribution is 0.0696. The summed E-state index contributed by atoms with van der Waals surface area (Å²) in [4.78, 5) is 19.6. The van der Waals surface area contributed by atoms with E-state index in [0.29, 0.717) is 5.03 Å². The zero-order valence-corrected chi connectivity index (χ0v) is 12.3. The standard InChI is InChI=1S/C13H7ClN2O2S2/c14-10-5-7(12(17)18)6-11(16-10)20-13-15-8-3-1-2-4-9(8)19-13/h1-6H,(H,17,18). The Bertz CT molecular complexity index is 771. The van der Waals surface area contributed by atoms with Crippen molar-refractivity contribution in [1.29, 1.82) is 0 Å². The number of carboxylic acids is 1. The quantitative estimate of drug-likeness (QED) is 0.732. The highest BCUT2D eigenvalue weighted by molar-refractivity contribution is 8.01. The highest BCUT2D eigenvalue weighted by atomic mass is 35.5. The van der Waals surface area contributed by atoms with Gasteiger partial charge >= 0.3 is 5.97 Å². The van der Waals surface area contributed by atoms with Crippen LogP contribution in [0.2, 0.25) is 5.15 Å². The third-order valence-electron chi connectivity index (χ3n) is 2.48. The number of hydrogen-bond acceptors (Lipinski definition) is 5. The summed E-state index contributed by atoms with van der Waals surface area (Å²) in [5, 5.41) is 9.69. The van der Waals surface area contributed by atoms with Gasteiger partial charge in [-0.1, -0.05) is 23.7 Å². The molecule has 20 heavy (non-hydrogen) atoms. The van der Waals surface area contributed by atoms with Crippen molar-refractivity contribution in [3.63, 3.8) is 0 Å². The van der Waals surface area contributed by atoms with Gasteiger partial charge in [0.2, 0.25) is 0 Å². The van der Waals surface area contributed by atoms with Gasteiger partial charge in [0.1, 0.15) is 10.2 Å². The first-order chi connectivity index (χ1) is 9.61. The third kappa shape index (κ3) is 2.77. The number of pyridine rings is 1. The number of nitrogens with zero attached hydrogens (tertiary/aromatic N) is 2. The molecule has 3 rings (SSSR count). The molecular formula is C13H7ClN2O2S2. The van der Waals surface area contributed by atoms with E-state index in [1.165, 1.54) is 35.2 Å². The number of rotatable bonds is 3. The summed E-state index contributed by atoms with van der Waals surface area (Å²) in [7, 11) is 0. The normalized spacial score (nSPS) is 10.8. The monoisotopic (exact) mass is 322 g/mol. The first-order valence-electron chi connectivity index (χ1n) is 5.56. The lowest BCUT2D eigenvalue weighted by atomic mass is 10.3. The minimum atomic E-state index is -1.03. The number of carboxylic acid groups (broad SMARTS) is 1. The number of hydrogen-bond donors (Lipinski definition) is 1. The molecule has 0 aliphatic rings. The molecule has 0 aliphatic carbocycles. The van der Waals surface area contributed by atoms with Crippen LogP contribution in [0, 0.1) is 0 Å². The Kier molecular flexibility index (Phi) is 3.60. The van der Waals surface area contributed by atoms with Crippen LogP contribution in [0.4, 0.5) is 0 Å². The maximum Gasteiger partial charge on any atom is 0.335 e. The maximum atomic E-state index is 11.0. The minimum Gasteiger partial charge on any atom is -0.478 e. The highest BCUT2D eigenvalue weighted by Gasteiger charge is 2.11. The van der Waals surface area contributed by atoms with E-state index in [2.05, 4.69) is 9.97 Å². The first kappa shape index (κ1) is 13.4. The van der Waals surface area contributed by atoms with Crippen LogP contribution in [-0.2, 0) is 0 Å². The van der Waals surface area contributed by atoms with Gasteiger partial charge in [-0.2, -0.15) is 0 Å². The number of para-hydroxylation sites is 1. The first-order valence-corrected chi connectivity index (χ1v) is 7.57. The van der Waals surface area contributed by atoms with Gasteiger partial charge in [0, 0.05) is 0 Å². The molecule has 100 valence electrons. The van der Waals surface area contributed by atoms with Gasteiger partial charge in [-0.05, 0) is 36.0 Å². The van der Waals surface area contributed by atoms with E-state index in [9.17, 15) is 4.79 Å². The molecule has 2 heterocycles. The molecule has 0 saturated carbocycles. The van der Waals surface area contributed by atoms with Crippen molar-refractivity contribution in [2.75, 3.05) is 0 Å². The van der Waals surface area contributed by atoms with Crippen molar-refractivity contribution in [1.82, 2.24) is 9.97 Å². The molecule has 0 saturated heterocycles. The molecule has 0 spiro atoms. The van der Waals surface area contributed by atoms with Crippen LogP contribution >= 0.6 is 34.7 Å². The van der Waals surface area contributed by atoms with Gasteiger partial charge in [-0.3, -0.25) is 0 Å². The van der Waals surface area contributed by atoms with Crippen LogP contribution in [0.5, 0.6) is 0 Å². The lowest BCUT2D eigenvalue weighted by Gasteiger charge is -2.00. The Morgan fingerprint density at radius 3 is 2.80 bits per heavy atom. The Labute approximate surface area is 127 Å². The molecule has 3 aromatic rings. The zero-order chi connectivity index (χ0) is 14.1. The van der Waals surface area contributed by atoms with Gasteiger partial charge < -0.3 is 5.11 Å². The van der Waals surface area contributed by atoms with Crippen LogP contribution in [0.25, 0.3) is 10.2 Å². The van der Waals surface area contributed by atoms with E-state index in [1.54, 1.807) is 0 Å². The number of fused-ring (bicyclic) bond motifs is 1. The zero-order valence-electron chi connectivity index (χ0n) is 9.91. The van der Waals surface area contributed by atoms with Crippen molar-refractivity contribution >= 4 is 50.9 Å². The molecular weight excluding hydrogens is 316 g/mol. The molecule has 2 aromatic heterocycles. The van der Waals surface area contributed by atoms with Crippen molar-refractivity contribution < 1.29 is 9.90 Å². The summed E-state index contributed by atoms with van der Waals surface area (Å²) < 4.78 is 1.88. The van der Waals surface area contributed by atoms with Gasteiger partial charge in [0.25, 0.3) is 0 Å². The molecule has 0 unspecified atom stereocenters. The van der Waals surface area contributed by atoms with E-state index in [4.69, 9.17) is 16.7 Å². The molecule has 0 atom stereocenters. The predicted molar refractivity (Wildman–Crippen MR) is 79.9 cm³/mol. The fourth-order valence-corrected chi connectivity index (χ4v) is 3.93. The smallest absolute Gasteiger partial charge is 0.335 e. The summed E-state index contributed by atoms with van der Waals surface area (Å²) in [5.41, 5.74) is 1.04. The van der Waals surface area contributed by atoms with Gasteiger partial charge in [0.05, 0.1) is 15.8 Å². The summed E-state index contributed by atoms with van der Waals surface area (Å²) in [6.45, 7) is 0. The fraction of sp³-hybridized carbons (Fsp3) is 0. The summed E-state index contributed by atoms with van der Waals surface area (Å²) in [6, 6.07) is 10.6. The average Bonchev–Trinajstić information content (AvgIpc) is 2.79.